The van der Waals surface area contributed by atoms with E-state index in [9.17, 15) is 0 Å². The maximum atomic E-state index is 8.67. The topological polar surface area (TPSA) is 71.5 Å². The largest absolute Gasteiger partial charge is 0.409 e. The Hall–Kier alpha value is -2.01. The monoisotopic (exact) mass is 287 g/mol. The Labute approximate surface area is 122 Å². The smallest absolute Gasteiger partial charge is 0.188 e. The first-order chi connectivity index (χ1) is 9.60. The lowest BCUT2D eigenvalue weighted by atomic mass is 10.0. The number of benzene rings is 1. The summed E-state index contributed by atoms with van der Waals surface area (Å²) < 4.78 is 0. The van der Waals surface area contributed by atoms with Gasteiger partial charge >= 0.3 is 0 Å². The van der Waals surface area contributed by atoms with Gasteiger partial charge in [-0.15, -0.1) is 0 Å². The molecule has 1 heterocycles. The van der Waals surface area contributed by atoms with Crippen LogP contribution in [0, 0.1) is 0 Å². The number of amidine groups is 1. The highest BCUT2D eigenvalue weighted by molar-refractivity contribution is 7.99. The zero-order chi connectivity index (χ0) is 14.5. The van der Waals surface area contributed by atoms with Crippen molar-refractivity contribution in [2.75, 3.05) is 0 Å². The summed E-state index contributed by atoms with van der Waals surface area (Å²) >= 11 is 1.55. The van der Waals surface area contributed by atoms with E-state index in [1.165, 1.54) is 5.56 Å². The average Bonchev–Trinajstić information content (AvgIpc) is 2.47. The summed E-state index contributed by atoms with van der Waals surface area (Å²) in [4.78, 5) is 5.45. The highest BCUT2D eigenvalue weighted by Crippen LogP contribution is 2.27. The summed E-state index contributed by atoms with van der Waals surface area (Å²) in [6.45, 7) is 4.34. The van der Waals surface area contributed by atoms with Crippen molar-refractivity contribution in [3.05, 3.63) is 53.7 Å². The molecule has 0 spiro atoms. The summed E-state index contributed by atoms with van der Waals surface area (Å²) in [6, 6.07) is 13.9. The third kappa shape index (κ3) is 3.51. The molecule has 0 bridgehead atoms. The van der Waals surface area contributed by atoms with E-state index >= 15 is 0 Å². The van der Waals surface area contributed by atoms with Gasteiger partial charge in [-0.25, -0.2) is 4.98 Å². The molecule has 0 saturated heterocycles. The van der Waals surface area contributed by atoms with Crippen LogP contribution < -0.4 is 5.73 Å². The normalized spacial score (nSPS) is 11.8. The van der Waals surface area contributed by atoms with Gasteiger partial charge in [-0.2, -0.15) is 0 Å². The SMILES string of the molecule is CC(C)c1ccc(Sc2cccc(C(N)=NO)n2)cc1. The van der Waals surface area contributed by atoms with Gasteiger partial charge in [-0.1, -0.05) is 49.0 Å². The Morgan fingerprint density at radius 1 is 1.20 bits per heavy atom. The summed E-state index contributed by atoms with van der Waals surface area (Å²) in [5, 5.41) is 12.4. The summed E-state index contributed by atoms with van der Waals surface area (Å²) in [6.07, 6.45) is 0. The van der Waals surface area contributed by atoms with E-state index in [-0.39, 0.29) is 5.84 Å². The first-order valence-corrected chi connectivity index (χ1v) is 7.14. The molecule has 0 fully saturated rings. The van der Waals surface area contributed by atoms with Gasteiger partial charge in [0.1, 0.15) is 10.7 Å². The van der Waals surface area contributed by atoms with Crippen LogP contribution >= 0.6 is 11.8 Å². The standard InChI is InChI=1S/C15H17N3OS/c1-10(2)11-6-8-12(9-7-11)20-14-5-3-4-13(17-14)15(16)18-19/h3-10,19H,1-2H3,(H2,16,18). The first kappa shape index (κ1) is 14.4. The number of hydrogen-bond acceptors (Lipinski definition) is 4. The van der Waals surface area contributed by atoms with E-state index in [1.807, 2.05) is 12.1 Å². The molecule has 0 atom stereocenters. The summed E-state index contributed by atoms with van der Waals surface area (Å²) in [5.74, 6) is 0.540. The lowest BCUT2D eigenvalue weighted by Crippen LogP contribution is -2.14. The van der Waals surface area contributed by atoms with Crippen LogP contribution in [0.5, 0.6) is 0 Å². The van der Waals surface area contributed by atoms with Crippen LogP contribution in [0.1, 0.15) is 31.0 Å². The highest BCUT2D eigenvalue weighted by atomic mass is 32.2. The lowest BCUT2D eigenvalue weighted by Gasteiger charge is -2.07. The molecule has 0 unspecified atom stereocenters. The summed E-state index contributed by atoms with van der Waals surface area (Å²) in [7, 11) is 0. The Morgan fingerprint density at radius 2 is 1.90 bits per heavy atom. The van der Waals surface area contributed by atoms with Gasteiger partial charge in [-0.05, 0) is 35.7 Å². The highest BCUT2D eigenvalue weighted by Gasteiger charge is 2.05. The summed E-state index contributed by atoms with van der Waals surface area (Å²) in [5.41, 5.74) is 7.32. The van der Waals surface area contributed by atoms with Crippen LogP contribution in [0.2, 0.25) is 0 Å². The van der Waals surface area contributed by atoms with E-state index in [2.05, 4.69) is 48.3 Å². The van der Waals surface area contributed by atoms with Crippen molar-refractivity contribution in [3.8, 4) is 0 Å². The quantitative estimate of drug-likeness (QED) is 0.391. The van der Waals surface area contributed by atoms with Gasteiger partial charge in [0.25, 0.3) is 0 Å². The third-order valence-corrected chi connectivity index (χ3v) is 3.81. The second-order valence-electron chi connectivity index (χ2n) is 4.67. The van der Waals surface area contributed by atoms with Crippen LogP contribution in [-0.2, 0) is 0 Å². The molecular formula is C15H17N3OS. The van der Waals surface area contributed by atoms with E-state index in [0.29, 0.717) is 11.6 Å². The predicted octanol–water partition coefficient (Wildman–Crippen LogP) is 3.45. The predicted molar refractivity (Wildman–Crippen MR) is 81.4 cm³/mol. The van der Waals surface area contributed by atoms with E-state index < -0.39 is 0 Å². The number of pyridine rings is 1. The molecule has 20 heavy (non-hydrogen) atoms. The fraction of sp³-hybridized carbons (Fsp3) is 0.200. The van der Waals surface area contributed by atoms with E-state index in [1.54, 1.807) is 17.8 Å². The molecule has 0 aliphatic carbocycles. The number of nitrogens with two attached hydrogens (primary N) is 1. The van der Waals surface area contributed by atoms with Crippen LogP contribution in [0.3, 0.4) is 0 Å². The molecule has 4 nitrogen and oxygen atoms in total. The second-order valence-corrected chi connectivity index (χ2v) is 5.77. The molecule has 1 aromatic carbocycles. The van der Waals surface area contributed by atoms with Gasteiger partial charge in [0.05, 0.1) is 0 Å². The molecule has 0 aliphatic rings. The van der Waals surface area contributed by atoms with Crippen molar-refractivity contribution in [3.63, 3.8) is 0 Å². The fourth-order valence-electron chi connectivity index (χ4n) is 1.71. The maximum absolute atomic E-state index is 8.67. The van der Waals surface area contributed by atoms with Crippen molar-refractivity contribution in [1.82, 2.24) is 4.98 Å². The molecule has 0 radical (unpaired) electrons. The van der Waals surface area contributed by atoms with Gasteiger partial charge < -0.3 is 10.9 Å². The minimum atomic E-state index is 0.0163. The van der Waals surface area contributed by atoms with Crippen molar-refractivity contribution >= 4 is 17.6 Å². The van der Waals surface area contributed by atoms with Crippen molar-refractivity contribution in [2.24, 2.45) is 10.9 Å². The molecule has 1 aromatic heterocycles. The Morgan fingerprint density at radius 3 is 2.50 bits per heavy atom. The number of aromatic nitrogens is 1. The molecule has 2 rings (SSSR count). The van der Waals surface area contributed by atoms with Crippen molar-refractivity contribution in [1.29, 1.82) is 0 Å². The average molecular weight is 287 g/mol. The number of oxime groups is 1. The lowest BCUT2D eigenvalue weighted by molar-refractivity contribution is 0.318. The van der Waals surface area contributed by atoms with Crippen LogP contribution in [0.15, 0.2) is 57.5 Å². The zero-order valence-corrected chi connectivity index (χ0v) is 12.3. The van der Waals surface area contributed by atoms with Crippen molar-refractivity contribution < 1.29 is 5.21 Å². The Balaban J connectivity index is 2.17. The molecule has 0 aliphatic heterocycles. The molecule has 104 valence electrons. The molecule has 5 heteroatoms. The minimum absolute atomic E-state index is 0.0163. The first-order valence-electron chi connectivity index (χ1n) is 6.33. The van der Waals surface area contributed by atoms with E-state index in [0.717, 1.165) is 9.92 Å². The van der Waals surface area contributed by atoms with Crippen LogP contribution in [0.25, 0.3) is 0 Å². The Kier molecular flexibility index (Phi) is 4.63. The molecule has 0 amide bonds. The van der Waals surface area contributed by atoms with Gasteiger partial charge in [0.2, 0.25) is 0 Å². The number of hydrogen-bond donors (Lipinski definition) is 2. The molecule has 2 aromatic rings. The van der Waals surface area contributed by atoms with Gasteiger partial charge in [-0.3, -0.25) is 0 Å². The number of nitrogens with zero attached hydrogens (tertiary/aromatic N) is 2. The van der Waals surface area contributed by atoms with Crippen LogP contribution in [0.4, 0.5) is 0 Å². The number of rotatable bonds is 4. The maximum Gasteiger partial charge on any atom is 0.188 e. The molecule has 0 saturated carbocycles. The van der Waals surface area contributed by atoms with Crippen LogP contribution in [-0.4, -0.2) is 16.0 Å². The van der Waals surface area contributed by atoms with Gasteiger partial charge in [0.15, 0.2) is 5.84 Å². The second kappa shape index (κ2) is 6.43. The van der Waals surface area contributed by atoms with E-state index in [4.69, 9.17) is 10.9 Å². The third-order valence-electron chi connectivity index (χ3n) is 2.86. The molecular weight excluding hydrogens is 270 g/mol. The van der Waals surface area contributed by atoms with Crippen molar-refractivity contribution in [2.45, 2.75) is 29.7 Å². The van der Waals surface area contributed by atoms with Gasteiger partial charge in [0, 0.05) is 4.90 Å². The minimum Gasteiger partial charge on any atom is -0.409 e. The Bertz CT molecular complexity index is 609. The fourth-order valence-corrected chi connectivity index (χ4v) is 2.51. The zero-order valence-electron chi connectivity index (χ0n) is 11.4. The molecule has 3 N–H and O–H groups in total.